The van der Waals surface area contributed by atoms with Crippen LogP contribution in [0.25, 0.3) is 17.0 Å². The van der Waals surface area contributed by atoms with Crippen LogP contribution in [0.1, 0.15) is 43.9 Å². The van der Waals surface area contributed by atoms with Gasteiger partial charge in [0.05, 0.1) is 11.3 Å². The third-order valence-electron chi connectivity index (χ3n) is 6.83. The average Bonchev–Trinajstić information content (AvgIpc) is 3.20. The van der Waals surface area contributed by atoms with Gasteiger partial charge in [0, 0.05) is 17.5 Å². The first kappa shape index (κ1) is 23.4. The molecule has 0 saturated heterocycles. The highest BCUT2D eigenvalue weighted by atomic mass is 32.2. The second-order valence-corrected chi connectivity index (χ2v) is 10.4. The molecule has 5 rings (SSSR count). The molecule has 1 atom stereocenters. The molecule has 1 N–H and O–H groups in total. The van der Waals surface area contributed by atoms with Crippen LogP contribution in [0.15, 0.2) is 64.5 Å². The predicted molar refractivity (Wildman–Crippen MR) is 139 cm³/mol. The molecule has 0 bridgehead atoms. The first-order chi connectivity index (χ1) is 16.9. The normalized spacial score (nSPS) is 16.7. The third-order valence-corrected chi connectivity index (χ3v) is 7.64. The van der Waals surface area contributed by atoms with Crippen LogP contribution < -0.4 is 10.9 Å². The number of carbonyl (C=O) groups is 1. The van der Waals surface area contributed by atoms with Gasteiger partial charge in [-0.3, -0.25) is 9.59 Å². The maximum atomic E-state index is 14.0. The molecule has 2 aromatic carbocycles. The smallest absolute Gasteiger partial charge is 0.265 e. The van der Waals surface area contributed by atoms with Crippen molar-refractivity contribution in [1.29, 1.82) is 0 Å². The Balaban J connectivity index is 1.61. The predicted octanol–water partition coefficient (Wildman–Crippen LogP) is 4.21. The van der Waals surface area contributed by atoms with Crippen LogP contribution in [0.2, 0.25) is 0 Å². The summed E-state index contributed by atoms with van der Waals surface area (Å²) in [5.41, 5.74) is 4.23. The van der Waals surface area contributed by atoms with Crippen LogP contribution in [0.5, 0.6) is 0 Å². The Hall–Kier alpha value is -3.39. The number of hydrogen-bond acceptors (Lipinski definition) is 5. The first-order valence-electron chi connectivity index (χ1n) is 12.0. The van der Waals surface area contributed by atoms with Gasteiger partial charge in [0.2, 0.25) is 11.7 Å². The van der Waals surface area contributed by atoms with Crippen molar-refractivity contribution in [2.24, 2.45) is 0 Å². The molecule has 180 valence electrons. The van der Waals surface area contributed by atoms with Crippen LogP contribution in [-0.4, -0.2) is 30.8 Å². The van der Waals surface area contributed by atoms with Crippen LogP contribution in [0, 0.1) is 0 Å². The van der Waals surface area contributed by atoms with Crippen molar-refractivity contribution in [1.82, 2.24) is 24.5 Å². The first-order valence-corrected chi connectivity index (χ1v) is 13.0. The van der Waals surface area contributed by atoms with Crippen molar-refractivity contribution >= 4 is 23.4 Å². The van der Waals surface area contributed by atoms with Crippen molar-refractivity contribution in [3.8, 4) is 11.3 Å². The van der Waals surface area contributed by atoms with Gasteiger partial charge >= 0.3 is 0 Å². The zero-order valence-electron chi connectivity index (χ0n) is 20.2. The highest BCUT2D eigenvalue weighted by Crippen LogP contribution is 2.42. The molecule has 0 saturated carbocycles. The highest BCUT2D eigenvalue weighted by molar-refractivity contribution is 7.99. The maximum Gasteiger partial charge on any atom is 0.265 e. The minimum atomic E-state index is -0.321. The van der Waals surface area contributed by atoms with E-state index in [4.69, 9.17) is 4.98 Å². The summed E-state index contributed by atoms with van der Waals surface area (Å²) >= 11 is 1.48. The Morgan fingerprint density at radius 1 is 1.11 bits per heavy atom. The van der Waals surface area contributed by atoms with E-state index in [1.165, 1.54) is 17.3 Å². The summed E-state index contributed by atoms with van der Waals surface area (Å²) in [6.07, 6.45) is 1.62. The van der Waals surface area contributed by atoms with Crippen LogP contribution in [-0.2, 0) is 29.7 Å². The van der Waals surface area contributed by atoms with E-state index in [1.807, 2.05) is 55.5 Å². The van der Waals surface area contributed by atoms with Gasteiger partial charge in [0.15, 0.2) is 5.16 Å². The molecule has 7 nitrogen and oxygen atoms in total. The van der Waals surface area contributed by atoms with Gasteiger partial charge in [0.1, 0.15) is 6.54 Å². The number of benzene rings is 2. The van der Waals surface area contributed by atoms with Crippen molar-refractivity contribution in [3.05, 3.63) is 81.6 Å². The Kier molecular flexibility index (Phi) is 6.23. The van der Waals surface area contributed by atoms with Gasteiger partial charge in [0.25, 0.3) is 5.56 Å². The van der Waals surface area contributed by atoms with Crippen molar-refractivity contribution < 1.29 is 4.79 Å². The highest BCUT2D eigenvalue weighted by Gasteiger charge is 2.38. The maximum absolute atomic E-state index is 14.0. The van der Waals surface area contributed by atoms with Crippen LogP contribution >= 0.6 is 11.8 Å². The number of aromatic nitrogens is 4. The molecule has 0 radical (unpaired) electrons. The molecule has 0 spiro atoms. The van der Waals surface area contributed by atoms with E-state index in [-0.39, 0.29) is 23.4 Å². The fourth-order valence-electron chi connectivity index (χ4n) is 4.82. The van der Waals surface area contributed by atoms with Gasteiger partial charge in [-0.15, -0.1) is 5.10 Å². The van der Waals surface area contributed by atoms with Crippen LogP contribution in [0.4, 0.5) is 0 Å². The molecular formula is C27H29N5O2S. The number of hydrogen-bond donors (Lipinski definition) is 1. The molecule has 2 aromatic heterocycles. The van der Waals surface area contributed by atoms with Gasteiger partial charge in [-0.05, 0) is 29.7 Å². The van der Waals surface area contributed by atoms with Gasteiger partial charge < -0.3 is 5.32 Å². The summed E-state index contributed by atoms with van der Waals surface area (Å²) in [4.78, 5) is 31.8. The summed E-state index contributed by atoms with van der Waals surface area (Å²) in [5, 5.41) is 8.17. The van der Waals surface area contributed by atoms with Gasteiger partial charge in [-0.2, -0.15) is 0 Å². The zero-order valence-corrected chi connectivity index (χ0v) is 21.1. The molecular weight excluding hydrogens is 458 g/mol. The lowest BCUT2D eigenvalue weighted by molar-refractivity contribution is -0.121. The molecule has 2 heterocycles. The number of amides is 1. The van der Waals surface area contributed by atoms with Crippen molar-refractivity contribution in [2.45, 2.75) is 57.3 Å². The number of rotatable bonds is 7. The van der Waals surface area contributed by atoms with E-state index < -0.39 is 0 Å². The number of thioether (sulfide) groups is 1. The fraction of sp³-hybridized carbons (Fsp3) is 0.333. The third kappa shape index (κ3) is 4.16. The standard InChI is InChI=1S/C27H29N5O2S/c1-4-27(3)15-19-13-9-10-14-20(19)23-22(27)24(34)32-25(29-23)31(30-26(32)35-5-2)17-21(33)28-16-18-11-7-6-8-12-18/h6-14H,4-5,15-17H2,1-3H3,(H,28,33)/t27-/m0/s1. The second kappa shape index (κ2) is 9.34. The fourth-order valence-corrected chi connectivity index (χ4v) is 5.53. The lowest BCUT2D eigenvalue weighted by Crippen LogP contribution is -2.38. The van der Waals surface area contributed by atoms with Gasteiger partial charge in [-0.25, -0.2) is 14.1 Å². The number of nitrogens with zero attached hydrogens (tertiary/aromatic N) is 4. The van der Waals surface area contributed by atoms with E-state index in [9.17, 15) is 9.59 Å². The quantitative estimate of drug-likeness (QED) is 0.395. The molecule has 0 aliphatic heterocycles. The van der Waals surface area contributed by atoms with Crippen molar-refractivity contribution in [3.63, 3.8) is 0 Å². The molecule has 0 unspecified atom stereocenters. The molecule has 0 fully saturated rings. The SMILES string of the molecule is CCSc1nn(CC(=O)NCc2ccccc2)c2nc3c(c(=O)n12)[C@@](C)(CC)Cc1ccccc1-3. The summed E-state index contributed by atoms with van der Waals surface area (Å²) in [6.45, 7) is 6.70. The molecule has 4 aromatic rings. The number of carbonyl (C=O) groups excluding carboxylic acids is 1. The summed E-state index contributed by atoms with van der Waals surface area (Å²) in [5.74, 6) is 0.969. The Morgan fingerprint density at radius 2 is 1.86 bits per heavy atom. The summed E-state index contributed by atoms with van der Waals surface area (Å²) in [7, 11) is 0. The van der Waals surface area contributed by atoms with Gasteiger partial charge in [-0.1, -0.05) is 87.1 Å². The van der Waals surface area contributed by atoms with E-state index in [1.54, 1.807) is 9.08 Å². The molecule has 1 aliphatic carbocycles. The monoisotopic (exact) mass is 487 g/mol. The summed E-state index contributed by atoms with van der Waals surface area (Å²) in [6, 6.07) is 17.9. The van der Waals surface area contributed by atoms with E-state index >= 15 is 0 Å². The molecule has 1 amide bonds. The number of fused-ring (bicyclic) bond motifs is 4. The van der Waals surface area contributed by atoms with E-state index in [0.717, 1.165) is 35.3 Å². The lowest BCUT2D eigenvalue weighted by Gasteiger charge is -2.35. The summed E-state index contributed by atoms with van der Waals surface area (Å²) < 4.78 is 3.15. The molecule has 1 aliphatic rings. The average molecular weight is 488 g/mol. The zero-order chi connectivity index (χ0) is 24.6. The Morgan fingerprint density at radius 3 is 2.60 bits per heavy atom. The van der Waals surface area contributed by atoms with E-state index in [0.29, 0.717) is 23.2 Å². The van der Waals surface area contributed by atoms with Crippen LogP contribution in [0.3, 0.4) is 0 Å². The minimum Gasteiger partial charge on any atom is -0.350 e. The van der Waals surface area contributed by atoms with Crippen molar-refractivity contribution in [2.75, 3.05) is 5.75 Å². The largest absolute Gasteiger partial charge is 0.350 e. The second-order valence-electron chi connectivity index (χ2n) is 9.16. The van der Waals surface area contributed by atoms with E-state index in [2.05, 4.69) is 30.3 Å². The minimum absolute atomic E-state index is 0.0154. The number of nitrogens with one attached hydrogen (secondary N) is 1. The Labute approximate surface area is 208 Å². The topological polar surface area (TPSA) is 81.3 Å². The molecule has 8 heteroatoms. The lowest BCUT2D eigenvalue weighted by atomic mass is 9.69. The molecule has 35 heavy (non-hydrogen) atoms. The Bertz CT molecular complexity index is 1460.